The van der Waals surface area contributed by atoms with Crippen molar-refractivity contribution >= 4 is 15.9 Å². The molecule has 0 saturated heterocycles. The van der Waals surface area contributed by atoms with Crippen molar-refractivity contribution in [1.29, 1.82) is 0 Å². The number of nitrogens with one attached hydrogen (secondary N) is 1. The van der Waals surface area contributed by atoms with Gasteiger partial charge in [-0.1, -0.05) is 0 Å². The Morgan fingerprint density at radius 3 is 3.00 bits per heavy atom. The second-order valence-corrected chi connectivity index (χ2v) is 3.40. The lowest BCUT2D eigenvalue weighted by Gasteiger charge is -2.08. The van der Waals surface area contributed by atoms with Gasteiger partial charge in [0.1, 0.15) is 0 Å². The van der Waals surface area contributed by atoms with Crippen LogP contribution in [0.15, 0.2) is 21.4 Å². The highest BCUT2D eigenvalue weighted by molar-refractivity contribution is 9.10. The van der Waals surface area contributed by atoms with Crippen molar-refractivity contribution in [2.24, 2.45) is 0 Å². The van der Waals surface area contributed by atoms with Gasteiger partial charge in [0.15, 0.2) is 4.67 Å². The van der Waals surface area contributed by atoms with Gasteiger partial charge < -0.3 is 14.8 Å². The maximum absolute atomic E-state index is 8.74. The number of aliphatic hydroxyl groups is 1. The minimum absolute atomic E-state index is 0.117. The standard InChI is InChI=1S/C8H12BrNO2/c1-6(5-11)10-4-7-2-3-12-8(7)9/h2-3,6,10-11H,4-5H2,1H3. The Morgan fingerprint density at radius 1 is 1.75 bits per heavy atom. The molecule has 0 bridgehead atoms. The van der Waals surface area contributed by atoms with Crippen LogP contribution in [0, 0.1) is 0 Å². The molecule has 0 aromatic carbocycles. The number of rotatable bonds is 4. The Bertz CT molecular complexity index is 237. The molecule has 1 aromatic heterocycles. The SMILES string of the molecule is CC(CO)NCc1ccoc1Br. The molecule has 0 fully saturated rings. The summed E-state index contributed by atoms with van der Waals surface area (Å²) in [7, 11) is 0. The summed E-state index contributed by atoms with van der Waals surface area (Å²) in [5, 5.41) is 11.9. The van der Waals surface area contributed by atoms with E-state index in [1.165, 1.54) is 0 Å². The van der Waals surface area contributed by atoms with Crippen LogP contribution in [0.5, 0.6) is 0 Å². The Morgan fingerprint density at radius 2 is 2.50 bits per heavy atom. The summed E-state index contributed by atoms with van der Waals surface area (Å²) in [5.74, 6) is 0. The molecule has 1 atom stereocenters. The second kappa shape index (κ2) is 4.64. The van der Waals surface area contributed by atoms with E-state index in [-0.39, 0.29) is 12.6 Å². The van der Waals surface area contributed by atoms with Crippen molar-refractivity contribution in [3.63, 3.8) is 0 Å². The van der Waals surface area contributed by atoms with Crippen LogP contribution in [0.25, 0.3) is 0 Å². The smallest absolute Gasteiger partial charge is 0.173 e. The van der Waals surface area contributed by atoms with Crippen LogP contribution in [0.2, 0.25) is 0 Å². The van der Waals surface area contributed by atoms with E-state index in [4.69, 9.17) is 9.52 Å². The van der Waals surface area contributed by atoms with Gasteiger partial charge in [-0.15, -0.1) is 0 Å². The summed E-state index contributed by atoms with van der Waals surface area (Å²) in [5.41, 5.74) is 1.07. The van der Waals surface area contributed by atoms with Crippen molar-refractivity contribution < 1.29 is 9.52 Å². The maximum atomic E-state index is 8.74. The van der Waals surface area contributed by atoms with Gasteiger partial charge in [0, 0.05) is 18.2 Å². The lowest BCUT2D eigenvalue weighted by molar-refractivity contribution is 0.251. The molecule has 2 N–H and O–H groups in total. The van der Waals surface area contributed by atoms with Gasteiger partial charge in [-0.05, 0) is 28.9 Å². The summed E-state index contributed by atoms with van der Waals surface area (Å²) in [4.78, 5) is 0. The molecule has 1 heterocycles. The monoisotopic (exact) mass is 233 g/mol. The number of aliphatic hydroxyl groups excluding tert-OH is 1. The third kappa shape index (κ3) is 2.62. The molecule has 0 amide bonds. The first-order valence-electron chi connectivity index (χ1n) is 3.80. The third-order valence-electron chi connectivity index (χ3n) is 1.61. The topological polar surface area (TPSA) is 45.4 Å². The fourth-order valence-corrected chi connectivity index (χ4v) is 1.17. The molecule has 1 unspecified atom stereocenters. The lowest BCUT2D eigenvalue weighted by atomic mass is 10.3. The zero-order chi connectivity index (χ0) is 8.97. The van der Waals surface area contributed by atoms with E-state index in [0.717, 1.165) is 10.2 Å². The molecule has 68 valence electrons. The number of halogens is 1. The second-order valence-electron chi connectivity index (χ2n) is 2.68. The van der Waals surface area contributed by atoms with Crippen molar-refractivity contribution in [3.8, 4) is 0 Å². The fraction of sp³-hybridized carbons (Fsp3) is 0.500. The van der Waals surface area contributed by atoms with Crippen LogP contribution in [0.1, 0.15) is 12.5 Å². The van der Waals surface area contributed by atoms with Crippen molar-refractivity contribution in [3.05, 3.63) is 22.6 Å². The normalized spacial score (nSPS) is 13.2. The Balaban J connectivity index is 2.38. The van der Waals surface area contributed by atoms with Gasteiger partial charge >= 0.3 is 0 Å². The molecular formula is C8H12BrNO2. The largest absolute Gasteiger partial charge is 0.457 e. The first-order chi connectivity index (χ1) is 5.74. The lowest BCUT2D eigenvalue weighted by Crippen LogP contribution is -2.28. The predicted octanol–water partition coefficient (Wildman–Crippen LogP) is 1.51. The molecular weight excluding hydrogens is 222 g/mol. The van der Waals surface area contributed by atoms with Crippen molar-refractivity contribution in [1.82, 2.24) is 5.32 Å². The summed E-state index contributed by atoms with van der Waals surface area (Å²) in [6.07, 6.45) is 1.63. The average Bonchev–Trinajstić information content (AvgIpc) is 2.47. The molecule has 0 saturated carbocycles. The zero-order valence-corrected chi connectivity index (χ0v) is 8.47. The van der Waals surface area contributed by atoms with E-state index in [1.54, 1.807) is 6.26 Å². The molecule has 3 nitrogen and oxygen atoms in total. The first kappa shape index (κ1) is 9.77. The highest BCUT2D eigenvalue weighted by atomic mass is 79.9. The van der Waals surface area contributed by atoms with Crippen LogP contribution in [-0.4, -0.2) is 17.8 Å². The van der Waals surface area contributed by atoms with Crippen LogP contribution < -0.4 is 5.32 Å². The maximum Gasteiger partial charge on any atom is 0.173 e. The Labute approximate surface area is 79.9 Å². The van der Waals surface area contributed by atoms with Gasteiger partial charge in [0.2, 0.25) is 0 Å². The van der Waals surface area contributed by atoms with E-state index in [1.807, 2.05) is 13.0 Å². The summed E-state index contributed by atoms with van der Waals surface area (Å²) in [6, 6.07) is 2.01. The van der Waals surface area contributed by atoms with E-state index in [2.05, 4.69) is 21.2 Å². The van der Waals surface area contributed by atoms with Crippen LogP contribution in [0.3, 0.4) is 0 Å². The van der Waals surface area contributed by atoms with E-state index >= 15 is 0 Å². The van der Waals surface area contributed by atoms with Gasteiger partial charge in [-0.2, -0.15) is 0 Å². The van der Waals surface area contributed by atoms with Gasteiger partial charge in [-0.3, -0.25) is 0 Å². The number of hydrogen-bond acceptors (Lipinski definition) is 3. The molecule has 0 aliphatic rings. The van der Waals surface area contributed by atoms with E-state index in [0.29, 0.717) is 6.54 Å². The average molecular weight is 234 g/mol. The van der Waals surface area contributed by atoms with E-state index < -0.39 is 0 Å². The minimum Gasteiger partial charge on any atom is -0.457 e. The highest BCUT2D eigenvalue weighted by Gasteiger charge is 2.04. The molecule has 0 aliphatic carbocycles. The number of furan rings is 1. The van der Waals surface area contributed by atoms with Gasteiger partial charge in [0.25, 0.3) is 0 Å². The van der Waals surface area contributed by atoms with Crippen molar-refractivity contribution in [2.45, 2.75) is 19.5 Å². The molecule has 0 spiro atoms. The predicted molar refractivity (Wildman–Crippen MR) is 49.8 cm³/mol. The van der Waals surface area contributed by atoms with Crippen LogP contribution in [0.4, 0.5) is 0 Å². The third-order valence-corrected chi connectivity index (χ3v) is 2.30. The minimum atomic E-state index is 0.117. The molecule has 12 heavy (non-hydrogen) atoms. The van der Waals surface area contributed by atoms with Crippen molar-refractivity contribution in [2.75, 3.05) is 6.61 Å². The molecule has 1 rings (SSSR count). The zero-order valence-electron chi connectivity index (χ0n) is 6.88. The van der Waals surface area contributed by atoms with Crippen LogP contribution >= 0.6 is 15.9 Å². The summed E-state index contributed by atoms with van der Waals surface area (Å²) >= 11 is 3.27. The first-order valence-corrected chi connectivity index (χ1v) is 4.59. The van der Waals surface area contributed by atoms with Gasteiger partial charge in [-0.25, -0.2) is 0 Å². The molecule has 0 aliphatic heterocycles. The summed E-state index contributed by atoms with van der Waals surface area (Å²) < 4.78 is 5.79. The quantitative estimate of drug-likeness (QED) is 0.830. The highest BCUT2D eigenvalue weighted by Crippen LogP contribution is 2.16. The molecule has 4 heteroatoms. The fourth-order valence-electron chi connectivity index (χ4n) is 0.794. The van der Waals surface area contributed by atoms with E-state index in [9.17, 15) is 0 Å². The Kier molecular flexibility index (Phi) is 3.78. The van der Waals surface area contributed by atoms with Crippen LogP contribution in [-0.2, 0) is 6.54 Å². The number of hydrogen-bond donors (Lipinski definition) is 2. The Hall–Kier alpha value is -0.320. The van der Waals surface area contributed by atoms with Gasteiger partial charge in [0.05, 0.1) is 12.9 Å². The summed E-state index contributed by atoms with van der Waals surface area (Å²) in [6.45, 7) is 2.78. The molecule has 0 radical (unpaired) electrons. The molecule has 1 aromatic rings.